The zero-order chi connectivity index (χ0) is 19.7. The molecule has 1 N–H and O–H groups in total. The van der Waals surface area contributed by atoms with Crippen LogP contribution in [0.15, 0.2) is 48.5 Å². The molecular weight excluding hydrogens is 378 g/mol. The van der Waals surface area contributed by atoms with E-state index in [0.717, 1.165) is 12.1 Å². The Morgan fingerprint density at radius 1 is 1.18 bits per heavy atom. The SMILES string of the molecule is Cc1nc(C(=O)Nc2cccc(N3CCCC3=O)c2)nn1-c1ccccc1Cl. The van der Waals surface area contributed by atoms with Crippen molar-refractivity contribution in [2.45, 2.75) is 19.8 Å². The molecule has 7 nitrogen and oxygen atoms in total. The Kier molecular flexibility index (Phi) is 4.83. The van der Waals surface area contributed by atoms with Crippen molar-refractivity contribution in [3.8, 4) is 5.69 Å². The van der Waals surface area contributed by atoms with Gasteiger partial charge in [-0.15, -0.1) is 5.10 Å². The van der Waals surface area contributed by atoms with Gasteiger partial charge in [0.2, 0.25) is 11.7 Å². The summed E-state index contributed by atoms with van der Waals surface area (Å²) in [5, 5.41) is 7.61. The molecule has 2 heterocycles. The molecule has 0 atom stereocenters. The number of nitrogens with one attached hydrogen (secondary N) is 1. The fraction of sp³-hybridized carbons (Fsp3) is 0.200. The number of halogens is 1. The van der Waals surface area contributed by atoms with Gasteiger partial charge in [0.05, 0.1) is 10.7 Å². The number of aryl methyl sites for hydroxylation is 1. The average Bonchev–Trinajstić information content (AvgIpc) is 3.28. The van der Waals surface area contributed by atoms with Gasteiger partial charge in [0.15, 0.2) is 0 Å². The van der Waals surface area contributed by atoms with E-state index in [0.29, 0.717) is 35.2 Å². The van der Waals surface area contributed by atoms with Crippen LogP contribution in [0.3, 0.4) is 0 Å². The number of hydrogen-bond acceptors (Lipinski definition) is 4. The summed E-state index contributed by atoms with van der Waals surface area (Å²) >= 11 is 6.22. The lowest BCUT2D eigenvalue weighted by molar-refractivity contribution is -0.117. The minimum Gasteiger partial charge on any atom is -0.319 e. The highest BCUT2D eigenvalue weighted by Crippen LogP contribution is 2.25. The van der Waals surface area contributed by atoms with Crippen LogP contribution in [0.2, 0.25) is 5.02 Å². The van der Waals surface area contributed by atoms with Crippen molar-refractivity contribution in [3.63, 3.8) is 0 Å². The quantitative estimate of drug-likeness (QED) is 0.731. The van der Waals surface area contributed by atoms with E-state index < -0.39 is 5.91 Å². The molecule has 1 aliphatic heterocycles. The molecule has 4 rings (SSSR count). The van der Waals surface area contributed by atoms with Crippen LogP contribution in [0.25, 0.3) is 5.69 Å². The number of rotatable bonds is 4. The molecule has 1 saturated heterocycles. The Labute approximate surface area is 166 Å². The Morgan fingerprint density at radius 2 is 2.00 bits per heavy atom. The fourth-order valence-corrected chi connectivity index (χ4v) is 3.41. The number of benzene rings is 2. The van der Waals surface area contributed by atoms with Crippen molar-refractivity contribution in [2.24, 2.45) is 0 Å². The van der Waals surface area contributed by atoms with Gasteiger partial charge in [-0.25, -0.2) is 9.67 Å². The van der Waals surface area contributed by atoms with Crippen LogP contribution in [-0.4, -0.2) is 33.1 Å². The number of carbonyl (C=O) groups excluding carboxylic acids is 2. The van der Waals surface area contributed by atoms with Gasteiger partial charge in [-0.1, -0.05) is 29.8 Å². The second kappa shape index (κ2) is 7.44. The van der Waals surface area contributed by atoms with E-state index in [2.05, 4.69) is 15.4 Å². The van der Waals surface area contributed by atoms with Gasteiger partial charge < -0.3 is 10.2 Å². The number of amides is 2. The Morgan fingerprint density at radius 3 is 2.75 bits per heavy atom. The maximum atomic E-state index is 12.6. The molecule has 2 amide bonds. The summed E-state index contributed by atoms with van der Waals surface area (Å²) in [5.74, 6) is 0.257. The molecule has 1 aliphatic rings. The topological polar surface area (TPSA) is 80.1 Å². The highest BCUT2D eigenvalue weighted by molar-refractivity contribution is 6.32. The monoisotopic (exact) mass is 395 g/mol. The van der Waals surface area contributed by atoms with Crippen molar-refractivity contribution < 1.29 is 9.59 Å². The van der Waals surface area contributed by atoms with Gasteiger partial charge in [-0.3, -0.25) is 9.59 Å². The zero-order valence-corrected chi connectivity index (χ0v) is 16.0. The normalized spacial score (nSPS) is 13.8. The maximum absolute atomic E-state index is 12.6. The second-order valence-electron chi connectivity index (χ2n) is 6.50. The lowest BCUT2D eigenvalue weighted by Crippen LogP contribution is -2.23. The third kappa shape index (κ3) is 3.48. The molecule has 1 aromatic heterocycles. The second-order valence-corrected chi connectivity index (χ2v) is 6.91. The molecular formula is C20H18ClN5O2. The number of hydrogen-bond donors (Lipinski definition) is 1. The first-order valence-electron chi connectivity index (χ1n) is 8.93. The van der Waals surface area contributed by atoms with E-state index in [4.69, 9.17) is 11.6 Å². The number of aromatic nitrogens is 3. The molecule has 0 saturated carbocycles. The molecule has 0 radical (unpaired) electrons. The van der Waals surface area contributed by atoms with Crippen LogP contribution in [-0.2, 0) is 4.79 Å². The lowest BCUT2D eigenvalue weighted by Gasteiger charge is -2.16. The first-order valence-corrected chi connectivity index (χ1v) is 9.31. The van der Waals surface area contributed by atoms with E-state index >= 15 is 0 Å². The predicted molar refractivity (Wildman–Crippen MR) is 107 cm³/mol. The molecule has 2 aromatic carbocycles. The van der Waals surface area contributed by atoms with Crippen molar-refractivity contribution in [1.82, 2.24) is 14.8 Å². The van der Waals surface area contributed by atoms with Crippen molar-refractivity contribution in [2.75, 3.05) is 16.8 Å². The lowest BCUT2D eigenvalue weighted by atomic mass is 10.2. The Bertz CT molecular complexity index is 1060. The van der Waals surface area contributed by atoms with Gasteiger partial charge in [-0.2, -0.15) is 0 Å². The number of para-hydroxylation sites is 1. The standard InChI is InChI=1S/C20H18ClN5O2/c1-13-22-19(24-26(13)17-9-3-2-8-16(17)21)20(28)23-14-6-4-7-15(12-14)25-11-5-10-18(25)27/h2-4,6-9,12H,5,10-11H2,1H3,(H,23,28). The average molecular weight is 396 g/mol. The summed E-state index contributed by atoms with van der Waals surface area (Å²) in [6.45, 7) is 2.45. The first kappa shape index (κ1) is 18.2. The van der Waals surface area contributed by atoms with E-state index in [1.54, 1.807) is 36.1 Å². The van der Waals surface area contributed by atoms with Gasteiger partial charge in [-0.05, 0) is 43.7 Å². The minimum atomic E-state index is -0.432. The van der Waals surface area contributed by atoms with Crippen LogP contribution in [0, 0.1) is 6.92 Å². The number of carbonyl (C=O) groups is 2. The van der Waals surface area contributed by atoms with Crippen molar-refractivity contribution in [1.29, 1.82) is 0 Å². The van der Waals surface area contributed by atoms with E-state index in [9.17, 15) is 9.59 Å². The number of anilines is 2. The molecule has 0 spiro atoms. The molecule has 1 fully saturated rings. The van der Waals surface area contributed by atoms with Gasteiger partial charge in [0, 0.05) is 24.3 Å². The highest BCUT2D eigenvalue weighted by atomic mass is 35.5. The first-order chi connectivity index (χ1) is 13.5. The predicted octanol–water partition coefficient (Wildman–Crippen LogP) is 3.61. The summed E-state index contributed by atoms with van der Waals surface area (Å²) in [6, 6.07) is 14.4. The summed E-state index contributed by atoms with van der Waals surface area (Å²) in [5.41, 5.74) is 2.00. The van der Waals surface area contributed by atoms with Crippen LogP contribution in [0.5, 0.6) is 0 Å². The molecule has 8 heteroatoms. The Hall–Kier alpha value is -3.19. The van der Waals surface area contributed by atoms with E-state index in [1.807, 2.05) is 24.3 Å². The summed E-state index contributed by atoms with van der Waals surface area (Å²) in [4.78, 5) is 30.5. The molecule has 0 aliphatic carbocycles. The van der Waals surface area contributed by atoms with Gasteiger partial charge >= 0.3 is 0 Å². The molecule has 3 aromatic rings. The van der Waals surface area contributed by atoms with E-state index in [-0.39, 0.29) is 11.7 Å². The summed E-state index contributed by atoms with van der Waals surface area (Å²) in [7, 11) is 0. The molecule has 142 valence electrons. The fourth-order valence-electron chi connectivity index (χ4n) is 3.20. The third-order valence-electron chi connectivity index (χ3n) is 4.54. The third-order valence-corrected chi connectivity index (χ3v) is 4.86. The van der Waals surface area contributed by atoms with Crippen LogP contribution in [0.4, 0.5) is 11.4 Å². The number of nitrogens with zero attached hydrogens (tertiary/aromatic N) is 4. The summed E-state index contributed by atoms with van der Waals surface area (Å²) < 4.78 is 1.54. The molecule has 0 bridgehead atoms. The largest absolute Gasteiger partial charge is 0.319 e. The van der Waals surface area contributed by atoms with Crippen molar-refractivity contribution >= 4 is 34.8 Å². The molecule has 0 unspecified atom stereocenters. The van der Waals surface area contributed by atoms with Crippen LogP contribution >= 0.6 is 11.6 Å². The Balaban J connectivity index is 1.56. The minimum absolute atomic E-state index is 0.0417. The maximum Gasteiger partial charge on any atom is 0.295 e. The highest BCUT2D eigenvalue weighted by Gasteiger charge is 2.22. The molecule has 28 heavy (non-hydrogen) atoms. The smallest absolute Gasteiger partial charge is 0.295 e. The van der Waals surface area contributed by atoms with Gasteiger partial charge in [0.1, 0.15) is 5.82 Å². The summed E-state index contributed by atoms with van der Waals surface area (Å²) in [6.07, 6.45) is 1.40. The van der Waals surface area contributed by atoms with Gasteiger partial charge in [0.25, 0.3) is 5.91 Å². The van der Waals surface area contributed by atoms with Crippen molar-refractivity contribution in [3.05, 3.63) is 65.2 Å². The zero-order valence-electron chi connectivity index (χ0n) is 15.2. The van der Waals surface area contributed by atoms with Crippen LogP contribution < -0.4 is 10.2 Å². The van der Waals surface area contributed by atoms with E-state index in [1.165, 1.54) is 4.68 Å². The van der Waals surface area contributed by atoms with Crippen LogP contribution in [0.1, 0.15) is 29.3 Å².